The number of hydrogen-bond acceptors (Lipinski definition) is 1. The smallest absolute Gasteiger partial charge is 0.140 e. The molecular weight excluding hydrogens is 276 g/mol. The predicted molar refractivity (Wildman–Crippen MR) is 73.2 cm³/mol. The Balaban J connectivity index is 2.23. The molecule has 1 aliphatic rings. The second kappa shape index (κ2) is 4.26. The van der Waals surface area contributed by atoms with Crippen molar-refractivity contribution in [1.29, 1.82) is 0 Å². The Morgan fingerprint density at radius 3 is 2.53 bits per heavy atom. The Labute approximate surface area is 109 Å². The lowest BCUT2D eigenvalue weighted by Gasteiger charge is -2.13. The van der Waals surface area contributed by atoms with E-state index >= 15 is 0 Å². The summed E-state index contributed by atoms with van der Waals surface area (Å²) in [7, 11) is 0. The van der Waals surface area contributed by atoms with Crippen molar-refractivity contribution in [3.63, 3.8) is 0 Å². The van der Waals surface area contributed by atoms with Crippen LogP contribution in [0.15, 0.2) is 40.9 Å². The molecule has 0 amide bonds. The van der Waals surface area contributed by atoms with E-state index in [1.54, 1.807) is 0 Å². The maximum absolute atomic E-state index is 11.9. The first-order chi connectivity index (χ1) is 8.27. The number of carbonyl (C=O) groups excluding carboxylic acids is 1. The summed E-state index contributed by atoms with van der Waals surface area (Å²) < 4.78 is 1.10. The minimum Gasteiger partial charge on any atom is -0.299 e. The van der Waals surface area contributed by atoms with Crippen LogP contribution in [0.2, 0.25) is 0 Å². The molecule has 0 N–H and O–H groups in total. The van der Waals surface area contributed by atoms with E-state index in [0.29, 0.717) is 5.78 Å². The monoisotopic (exact) mass is 288 g/mol. The zero-order chi connectivity index (χ0) is 11.8. The third-order valence-corrected chi connectivity index (χ3v) is 4.28. The minimum atomic E-state index is 0.119. The largest absolute Gasteiger partial charge is 0.299 e. The molecule has 0 heterocycles. The van der Waals surface area contributed by atoms with E-state index in [-0.39, 0.29) is 5.92 Å². The predicted octanol–water partition coefficient (Wildman–Crippen LogP) is 4.44. The summed E-state index contributed by atoms with van der Waals surface area (Å²) in [5, 5.41) is 2.41. The normalized spacial score (nSPS) is 20.1. The standard InChI is InChI=1S/C15H13BrO/c16-14-9-8-11(13-6-3-7-15(13)17)10-4-1-2-5-12(10)14/h1-2,4-5,8-9,13H,3,6-7H2. The molecule has 2 heteroatoms. The van der Waals surface area contributed by atoms with Crippen LogP contribution in [0.5, 0.6) is 0 Å². The molecule has 2 aromatic rings. The van der Waals surface area contributed by atoms with Crippen molar-refractivity contribution in [2.75, 3.05) is 0 Å². The summed E-state index contributed by atoms with van der Waals surface area (Å²) >= 11 is 3.57. The Kier molecular flexibility index (Phi) is 2.75. The van der Waals surface area contributed by atoms with E-state index in [1.165, 1.54) is 16.3 Å². The van der Waals surface area contributed by atoms with Gasteiger partial charge >= 0.3 is 0 Å². The van der Waals surface area contributed by atoms with Crippen molar-refractivity contribution in [3.8, 4) is 0 Å². The number of Topliss-reactive ketones (excluding diaryl/α,β-unsaturated/α-hetero) is 1. The van der Waals surface area contributed by atoms with E-state index in [4.69, 9.17) is 0 Å². The zero-order valence-corrected chi connectivity index (χ0v) is 11.0. The highest BCUT2D eigenvalue weighted by Crippen LogP contribution is 2.37. The molecule has 86 valence electrons. The molecule has 1 unspecified atom stereocenters. The van der Waals surface area contributed by atoms with Crippen LogP contribution in [-0.2, 0) is 4.79 Å². The molecule has 1 aliphatic carbocycles. The van der Waals surface area contributed by atoms with Gasteiger partial charge in [-0.25, -0.2) is 0 Å². The second-order valence-corrected chi connectivity index (χ2v) is 5.45. The molecule has 3 rings (SSSR count). The number of ketones is 1. The highest BCUT2D eigenvalue weighted by atomic mass is 79.9. The van der Waals surface area contributed by atoms with E-state index in [0.717, 1.165) is 23.7 Å². The fourth-order valence-electron chi connectivity index (χ4n) is 2.73. The Bertz CT molecular complexity index is 588. The van der Waals surface area contributed by atoms with Crippen molar-refractivity contribution in [1.82, 2.24) is 0 Å². The Hall–Kier alpha value is -1.15. The van der Waals surface area contributed by atoms with E-state index < -0.39 is 0 Å². The van der Waals surface area contributed by atoms with Gasteiger partial charge in [0, 0.05) is 16.8 Å². The first kappa shape index (κ1) is 11.0. The van der Waals surface area contributed by atoms with E-state index in [2.05, 4.69) is 40.2 Å². The highest BCUT2D eigenvalue weighted by Gasteiger charge is 2.27. The van der Waals surface area contributed by atoms with Crippen LogP contribution in [0.1, 0.15) is 30.7 Å². The first-order valence-corrected chi connectivity index (χ1v) is 6.76. The maximum atomic E-state index is 11.9. The number of halogens is 1. The molecule has 2 aromatic carbocycles. The van der Waals surface area contributed by atoms with Gasteiger partial charge in [-0.2, -0.15) is 0 Å². The van der Waals surface area contributed by atoms with Gasteiger partial charge < -0.3 is 0 Å². The van der Waals surface area contributed by atoms with Crippen molar-refractivity contribution < 1.29 is 4.79 Å². The van der Waals surface area contributed by atoms with Crippen LogP contribution < -0.4 is 0 Å². The van der Waals surface area contributed by atoms with Gasteiger partial charge in [-0.1, -0.05) is 46.3 Å². The van der Waals surface area contributed by atoms with Crippen LogP contribution in [0.4, 0.5) is 0 Å². The lowest BCUT2D eigenvalue weighted by atomic mass is 9.92. The topological polar surface area (TPSA) is 17.1 Å². The third-order valence-electron chi connectivity index (χ3n) is 3.58. The molecule has 0 bridgehead atoms. The van der Waals surface area contributed by atoms with Gasteiger partial charge in [0.25, 0.3) is 0 Å². The van der Waals surface area contributed by atoms with Crippen LogP contribution in [-0.4, -0.2) is 5.78 Å². The van der Waals surface area contributed by atoms with Gasteiger partial charge in [0.15, 0.2) is 0 Å². The molecule has 1 fully saturated rings. The number of benzene rings is 2. The fraction of sp³-hybridized carbons (Fsp3) is 0.267. The summed E-state index contributed by atoms with van der Waals surface area (Å²) in [6.07, 6.45) is 2.79. The molecule has 0 radical (unpaired) electrons. The van der Waals surface area contributed by atoms with E-state index in [1.807, 2.05) is 12.1 Å². The molecule has 1 atom stereocenters. The molecule has 0 spiro atoms. The molecule has 0 saturated heterocycles. The minimum absolute atomic E-state index is 0.119. The third kappa shape index (κ3) is 1.81. The molecule has 0 aliphatic heterocycles. The van der Waals surface area contributed by atoms with Gasteiger partial charge in [-0.15, -0.1) is 0 Å². The molecule has 1 saturated carbocycles. The average Bonchev–Trinajstić information content (AvgIpc) is 2.77. The van der Waals surface area contributed by atoms with Gasteiger partial charge in [-0.05, 0) is 35.2 Å². The first-order valence-electron chi connectivity index (χ1n) is 5.97. The summed E-state index contributed by atoms with van der Waals surface area (Å²) in [6.45, 7) is 0. The lowest BCUT2D eigenvalue weighted by Crippen LogP contribution is -2.04. The SMILES string of the molecule is O=C1CCCC1c1ccc(Br)c2ccccc12. The van der Waals surface area contributed by atoms with E-state index in [9.17, 15) is 4.79 Å². The quantitative estimate of drug-likeness (QED) is 0.758. The molecular formula is C15H13BrO. The highest BCUT2D eigenvalue weighted by molar-refractivity contribution is 9.10. The summed E-state index contributed by atoms with van der Waals surface area (Å²) in [6, 6.07) is 12.4. The van der Waals surface area contributed by atoms with Crippen LogP contribution in [0.3, 0.4) is 0 Å². The van der Waals surface area contributed by atoms with Gasteiger partial charge in [-0.3, -0.25) is 4.79 Å². The van der Waals surface area contributed by atoms with Crippen molar-refractivity contribution in [3.05, 3.63) is 46.4 Å². The Morgan fingerprint density at radius 2 is 1.82 bits per heavy atom. The summed E-state index contributed by atoms with van der Waals surface area (Å²) in [4.78, 5) is 11.9. The van der Waals surface area contributed by atoms with Crippen molar-refractivity contribution >= 4 is 32.5 Å². The fourth-order valence-corrected chi connectivity index (χ4v) is 3.21. The Morgan fingerprint density at radius 1 is 1.06 bits per heavy atom. The molecule has 17 heavy (non-hydrogen) atoms. The van der Waals surface area contributed by atoms with Crippen LogP contribution >= 0.6 is 15.9 Å². The maximum Gasteiger partial charge on any atom is 0.140 e. The molecule has 1 nitrogen and oxygen atoms in total. The number of fused-ring (bicyclic) bond motifs is 1. The van der Waals surface area contributed by atoms with Crippen LogP contribution in [0.25, 0.3) is 10.8 Å². The average molecular weight is 289 g/mol. The lowest BCUT2D eigenvalue weighted by molar-refractivity contribution is -0.118. The molecule has 0 aromatic heterocycles. The van der Waals surface area contributed by atoms with Crippen molar-refractivity contribution in [2.45, 2.75) is 25.2 Å². The van der Waals surface area contributed by atoms with Crippen molar-refractivity contribution in [2.24, 2.45) is 0 Å². The van der Waals surface area contributed by atoms with Crippen LogP contribution in [0, 0.1) is 0 Å². The number of hydrogen-bond donors (Lipinski definition) is 0. The summed E-state index contributed by atoms with van der Waals surface area (Å²) in [5.74, 6) is 0.519. The van der Waals surface area contributed by atoms with Gasteiger partial charge in [0.2, 0.25) is 0 Å². The van der Waals surface area contributed by atoms with Gasteiger partial charge in [0.1, 0.15) is 5.78 Å². The number of rotatable bonds is 1. The number of carbonyl (C=O) groups is 1. The second-order valence-electron chi connectivity index (χ2n) is 4.59. The summed E-state index contributed by atoms with van der Waals surface area (Å²) in [5.41, 5.74) is 1.20. The zero-order valence-electron chi connectivity index (χ0n) is 9.45. The van der Waals surface area contributed by atoms with Gasteiger partial charge in [0.05, 0.1) is 0 Å².